The fourth-order valence-electron chi connectivity index (χ4n) is 8.04. The van der Waals surface area contributed by atoms with Gasteiger partial charge in [-0.1, -0.05) is 36.4 Å². The topological polar surface area (TPSA) is 218 Å². The Morgan fingerprint density at radius 2 is 1.39 bits per heavy atom. The van der Waals surface area contributed by atoms with Crippen molar-refractivity contribution in [2.24, 2.45) is 0 Å². The first-order chi connectivity index (χ1) is 32.1. The van der Waals surface area contributed by atoms with Crippen molar-refractivity contribution in [1.82, 2.24) is 48.9 Å². The Balaban J connectivity index is 1.34. The molecule has 4 aromatic carbocycles. The summed E-state index contributed by atoms with van der Waals surface area (Å²) in [5, 5.41) is 17.3. The van der Waals surface area contributed by atoms with Gasteiger partial charge in [-0.3, -0.25) is 0 Å². The van der Waals surface area contributed by atoms with Crippen molar-refractivity contribution in [3.05, 3.63) is 108 Å². The van der Waals surface area contributed by atoms with E-state index in [1.807, 2.05) is 12.1 Å². The van der Waals surface area contributed by atoms with Crippen molar-refractivity contribution in [3.63, 3.8) is 0 Å². The number of nitrogens with zero attached hydrogens (tertiary/aromatic N) is 10. The minimum atomic E-state index is -4.93. The fourth-order valence-corrected chi connectivity index (χ4v) is 11.7. The van der Waals surface area contributed by atoms with Crippen LogP contribution >= 0.6 is 0 Å². The summed E-state index contributed by atoms with van der Waals surface area (Å²) in [6.45, 7) is 6.08. The summed E-state index contributed by atoms with van der Waals surface area (Å²) in [6.07, 6.45) is 1.67. The SMILES string of the molecule is COc1ccc(CN(Cc2ccc(OC)cc2)S(=O)(=O)c2c(S(=O)(=O)NC3CCN(C(=O)OC(C)(C)C)C3)ccc(N3CCCn4ncnc43)c2-c2nnnn2Cc2ccc(OC)cc2)cc1. The Labute approximate surface area is 389 Å². The largest absolute Gasteiger partial charge is 0.497 e. The molecule has 0 saturated carbocycles. The number of ether oxygens (including phenoxy) is 4. The number of carbonyl (C=O) groups is 1. The molecule has 0 radical (unpaired) electrons. The summed E-state index contributed by atoms with van der Waals surface area (Å²) in [7, 11) is -5.04. The summed E-state index contributed by atoms with van der Waals surface area (Å²) in [4.78, 5) is 19.7. The molecule has 1 amide bonds. The summed E-state index contributed by atoms with van der Waals surface area (Å²) >= 11 is 0. The van der Waals surface area contributed by atoms with Gasteiger partial charge >= 0.3 is 6.09 Å². The second-order valence-corrected chi connectivity index (χ2v) is 20.6. The first-order valence-corrected chi connectivity index (χ1v) is 24.5. The first kappa shape index (κ1) is 46.9. The average molecular weight is 956 g/mol. The zero-order chi connectivity index (χ0) is 47.5. The third-order valence-corrected chi connectivity index (χ3v) is 14.9. The zero-order valence-corrected chi connectivity index (χ0v) is 39.7. The minimum Gasteiger partial charge on any atom is -0.497 e. The third-order valence-electron chi connectivity index (χ3n) is 11.3. The van der Waals surface area contributed by atoms with E-state index < -0.39 is 47.6 Å². The van der Waals surface area contributed by atoms with E-state index in [1.165, 1.54) is 40.5 Å². The minimum absolute atomic E-state index is 0.00816. The van der Waals surface area contributed by atoms with Crippen LogP contribution in [0.3, 0.4) is 0 Å². The van der Waals surface area contributed by atoms with Gasteiger partial charge in [0.05, 0.1) is 39.1 Å². The molecule has 1 fully saturated rings. The molecule has 6 aromatic rings. The van der Waals surface area contributed by atoms with Crippen LogP contribution in [0.1, 0.15) is 50.3 Å². The van der Waals surface area contributed by atoms with Crippen molar-refractivity contribution < 1.29 is 40.6 Å². The molecule has 22 heteroatoms. The predicted molar refractivity (Wildman–Crippen MR) is 246 cm³/mol. The second kappa shape index (κ2) is 19.3. The molecule has 2 aliphatic heterocycles. The number of anilines is 2. The molecule has 4 heterocycles. The number of likely N-dealkylation sites (tertiary alicyclic amines) is 1. The number of benzene rings is 4. The van der Waals surface area contributed by atoms with Crippen LogP contribution in [0, 0.1) is 0 Å². The smallest absolute Gasteiger partial charge is 0.410 e. The van der Waals surface area contributed by atoms with Crippen LogP contribution in [0.4, 0.5) is 16.4 Å². The number of tetrazole rings is 1. The second-order valence-electron chi connectivity index (χ2n) is 17.1. The first-order valence-electron chi connectivity index (χ1n) is 21.5. The van der Waals surface area contributed by atoms with Crippen molar-refractivity contribution in [3.8, 4) is 28.6 Å². The summed E-state index contributed by atoms with van der Waals surface area (Å²) in [5.74, 6) is 2.15. The number of hydrogen-bond acceptors (Lipinski definition) is 15. The molecule has 8 rings (SSSR count). The monoisotopic (exact) mass is 955 g/mol. The highest BCUT2D eigenvalue weighted by Crippen LogP contribution is 2.44. The maximum absolute atomic E-state index is 16.2. The van der Waals surface area contributed by atoms with Crippen LogP contribution < -0.4 is 23.8 Å². The molecule has 1 atom stereocenters. The number of aryl methyl sites for hydroxylation is 1. The lowest BCUT2D eigenvalue weighted by Gasteiger charge is -2.32. The van der Waals surface area contributed by atoms with Gasteiger partial charge in [0.15, 0.2) is 5.82 Å². The molecule has 2 aliphatic rings. The molecular weight excluding hydrogens is 903 g/mol. The Morgan fingerprint density at radius 1 is 0.791 bits per heavy atom. The summed E-state index contributed by atoms with van der Waals surface area (Å²) in [6, 6.07) is 23.2. The van der Waals surface area contributed by atoms with E-state index in [1.54, 1.807) is 104 Å². The van der Waals surface area contributed by atoms with Gasteiger partial charge in [-0.25, -0.2) is 35.7 Å². The number of carbonyl (C=O) groups excluding carboxylic acids is 1. The molecule has 354 valence electrons. The lowest BCUT2D eigenvalue weighted by atomic mass is 10.1. The normalized spacial score (nSPS) is 15.4. The van der Waals surface area contributed by atoms with Gasteiger partial charge in [-0.05, 0) is 109 Å². The van der Waals surface area contributed by atoms with E-state index in [9.17, 15) is 4.79 Å². The van der Waals surface area contributed by atoms with Crippen molar-refractivity contribution in [2.75, 3.05) is 45.9 Å². The number of nitrogens with one attached hydrogen (secondary N) is 1. The van der Waals surface area contributed by atoms with Crippen molar-refractivity contribution >= 4 is 37.8 Å². The van der Waals surface area contributed by atoms with Gasteiger partial charge in [-0.15, -0.1) is 5.10 Å². The number of rotatable bonds is 16. The van der Waals surface area contributed by atoms with Crippen LogP contribution in [0.2, 0.25) is 0 Å². The number of methoxy groups -OCH3 is 3. The van der Waals surface area contributed by atoms with Crippen LogP contribution in [-0.2, 0) is 51.0 Å². The molecule has 1 N–H and O–H groups in total. The Kier molecular flexibility index (Phi) is 13.5. The Hall–Kier alpha value is -6.62. The van der Waals surface area contributed by atoms with Gasteiger partial charge in [0.1, 0.15) is 39.0 Å². The van der Waals surface area contributed by atoms with Gasteiger partial charge in [-0.2, -0.15) is 14.4 Å². The molecule has 67 heavy (non-hydrogen) atoms. The molecule has 0 spiro atoms. The lowest BCUT2D eigenvalue weighted by Crippen LogP contribution is -2.41. The fraction of sp³-hybridized carbons (Fsp3) is 0.378. The van der Waals surface area contributed by atoms with E-state index in [2.05, 4.69) is 30.3 Å². The third kappa shape index (κ3) is 10.4. The lowest BCUT2D eigenvalue weighted by molar-refractivity contribution is 0.0292. The Morgan fingerprint density at radius 3 is 1.97 bits per heavy atom. The molecule has 0 aliphatic carbocycles. The van der Waals surface area contributed by atoms with Crippen LogP contribution in [0.15, 0.2) is 101 Å². The Bertz CT molecular complexity index is 2870. The van der Waals surface area contributed by atoms with Gasteiger partial charge in [0.25, 0.3) is 0 Å². The number of aromatic nitrogens is 7. The highest BCUT2D eigenvalue weighted by Gasteiger charge is 2.41. The molecule has 1 saturated heterocycles. The number of sulfonamides is 2. The van der Waals surface area contributed by atoms with Crippen molar-refractivity contribution in [1.29, 1.82) is 0 Å². The quantitative estimate of drug-likeness (QED) is 0.131. The highest BCUT2D eigenvalue weighted by atomic mass is 32.2. The van der Waals surface area contributed by atoms with Crippen LogP contribution in [0.25, 0.3) is 11.4 Å². The number of amides is 1. The number of fused-ring (bicyclic) bond motifs is 1. The molecule has 2 aromatic heterocycles. The standard InChI is InChI=1S/C45H53N11O9S2/c1-45(2,3)65-44(57)52-25-22-34(29-52)49-66(58,59)39-21-20-38(54-23-7-24-55-43(54)46-30-47-55)40(42-48-50-51-56(42)28-33-12-18-37(64-6)19-13-33)41(39)67(60,61)53(26-31-8-14-35(62-4)15-9-31)27-32-10-16-36(63-5)17-11-32/h8-21,30,34,49H,7,22-29H2,1-6H3. The molecular formula is C45H53N11O9S2. The molecule has 1 unspecified atom stereocenters. The van der Waals surface area contributed by atoms with Crippen LogP contribution in [-0.4, -0.2) is 120 Å². The predicted octanol–water partition coefficient (Wildman–Crippen LogP) is 5.23. The van der Waals surface area contributed by atoms with E-state index in [4.69, 9.17) is 18.9 Å². The molecule has 20 nitrogen and oxygen atoms in total. The van der Waals surface area contributed by atoms with Crippen LogP contribution in [0.5, 0.6) is 17.2 Å². The van der Waals surface area contributed by atoms with Gasteiger partial charge in [0.2, 0.25) is 26.0 Å². The zero-order valence-electron chi connectivity index (χ0n) is 38.1. The summed E-state index contributed by atoms with van der Waals surface area (Å²) in [5.41, 5.74) is 1.38. The maximum Gasteiger partial charge on any atom is 0.410 e. The number of hydrogen-bond donors (Lipinski definition) is 1. The maximum atomic E-state index is 16.2. The average Bonchev–Trinajstić information content (AvgIpc) is 4.10. The van der Waals surface area contributed by atoms with Crippen molar-refractivity contribution in [2.45, 2.75) is 81.2 Å². The van der Waals surface area contributed by atoms with Gasteiger partial charge < -0.3 is 28.7 Å². The van der Waals surface area contributed by atoms with Gasteiger partial charge in [0, 0.05) is 45.3 Å². The van der Waals surface area contributed by atoms with E-state index in [0.717, 1.165) is 5.56 Å². The van der Waals surface area contributed by atoms with E-state index in [-0.39, 0.29) is 56.2 Å². The van der Waals surface area contributed by atoms with E-state index in [0.29, 0.717) is 53.8 Å². The summed E-state index contributed by atoms with van der Waals surface area (Å²) < 4.78 is 91.7. The molecule has 0 bridgehead atoms. The van der Waals surface area contributed by atoms with E-state index >= 15 is 16.8 Å². The highest BCUT2D eigenvalue weighted by molar-refractivity contribution is 7.92.